The number of hydrogen-bond donors (Lipinski definition) is 1. The van der Waals surface area contributed by atoms with E-state index in [9.17, 15) is 28.8 Å². The fourth-order valence-corrected chi connectivity index (χ4v) is 14.4. The Bertz CT molecular complexity index is 3190. The van der Waals surface area contributed by atoms with Gasteiger partial charge in [0.15, 0.2) is 11.5 Å². The summed E-state index contributed by atoms with van der Waals surface area (Å²) in [5.74, 6) is -5.39. The first-order valence-corrected chi connectivity index (χ1v) is 31.8. The van der Waals surface area contributed by atoms with Gasteiger partial charge in [-0.2, -0.15) is 5.70 Å². The Balaban J connectivity index is 0.00000385. The van der Waals surface area contributed by atoms with Crippen molar-refractivity contribution < 1.29 is 107 Å². The Labute approximate surface area is 574 Å². The number of ether oxygens (including phenoxy) is 12. The first-order valence-electron chi connectivity index (χ1n) is 31.8. The van der Waals surface area contributed by atoms with Crippen LogP contribution in [0.15, 0.2) is 67.5 Å². The van der Waals surface area contributed by atoms with Crippen LogP contribution in [0.4, 0.5) is 5.69 Å². The molecule has 1 aromatic carbocycles. The topological polar surface area (TPSA) is 341 Å². The van der Waals surface area contributed by atoms with E-state index in [4.69, 9.17) is 101 Å². The summed E-state index contributed by atoms with van der Waals surface area (Å²) in [4.78, 5) is 114. The van der Waals surface area contributed by atoms with Crippen molar-refractivity contribution >= 4 is 64.5 Å². The van der Waals surface area contributed by atoms with Gasteiger partial charge in [-0.3, -0.25) is 48.5 Å². The number of fused-ring (bicyclic) bond motifs is 7. The van der Waals surface area contributed by atoms with Gasteiger partial charge in [-0.25, -0.2) is 0 Å². The van der Waals surface area contributed by atoms with E-state index in [1.807, 2.05) is 61.5 Å². The Morgan fingerprint density at radius 2 is 1.05 bits per heavy atom. The van der Waals surface area contributed by atoms with E-state index in [0.29, 0.717) is 102 Å². The van der Waals surface area contributed by atoms with E-state index in [2.05, 4.69) is 5.32 Å². The minimum Gasteiger partial charge on any atom is -0.682 e. The zero-order valence-electron chi connectivity index (χ0n) is 57.8. The average molecular weight is 1380 g/mol. The Morgan fingerprint density at radius 3 is 1.57 bits per heavy atom. The summed E-state index contributed by atoms with van der Waals surface area (Å²) in [6, 6.07) is 4.13. The minimum atomic E-state index is -1.45. The van der Waals surface area contributed by atoms with E-state index in [-0.39, 0.29) is 114 Å². The normalized spacial score (nSPS) is 29.0. The maximum absolute atomic E-state index is 15.3. The number of hydrogen-bond acceptors (Lipinski definition) is 24. The van der Waals surface area contributed by atoms with Crippen molar-refractivity contribution in [2.24, 2.45) is 60.3 Å². The van der Waals surface area contributed by atoms with Gasteiger partial charge in [0.05, 0.1) is 113 Å². The molecule has 1 fully saturated rings. The van der Waals surface area contributed by atoms with Crippen molar-refractivity contribution in [2.75, 3.05) is 114 Å². The van der Waals surface area contributed by atoms with Crippen molar-refractivity contribution in [3.8, 4) is 11.5 Å². The molecular weight excluding hydrogens is 1290 g/mol. The van der Waals surface area contributed by atoms with Crippen LogP contribution in [0.2, 0.25) is 0 Å². The van der Waals surface area contributed by atoms with Gasteiger partial charge in [-0.05, 0) is 87.1 Å². The summed E-state index contributed by atoms with van der Waals surface area (Å²) >= 11 is 0. The molecule has 9 atom stereocenters. The van der Waals surface area contributed by atoms with Crippen molar-refractivity contribution in [1.29, 1.82) is 10.5 Å². The largest absolute Gasteiger partial charge is 3.00 e. The third-order valence-corrected chi connectivity index (χ3v) is 19.8. The van der Waals surface area contributed by atoms with E-state index in [1.54, 1.807) is 18.2 Å². The summed E-state index contributed by atoms with van der Waals surface area (Å²) in [7, 11) is 7.86. The average Bonchev–Trinajstić information content (AvgIpc) is 1.53. The number of methoxy groups -OCH3 is 6. The van der Waals surface area contributed by atoms with Crippen LogP contribution in [0.3, 0.4) is 0 Å². The number of allylic oxidation sites excluding steroid dienone is 6. The van der Waals surface area contributed by atoms with Crippen LogP contribution in [0.25, 0.3) is 5.32 Å². The number of nitrogens with zero attached hydrogens (tertiary/aromatic N) is 6. The first kappa shape index (κ1) is 80.9. The summed E-state index contributed by atoms with van der Waals surface area (Å²) in [6.45, 7) is 28.3. The molecule has 528 valence electrons. The van der Waals surface area contributed by atoms with Crippen molar-refractivity contribution in [3.63, 3.8) is 0 Å². The predicted octanol–water partition coefficient (Wildman–Crippen LogP) is 8.82. The Kier molecular flexibility index (Phi) is 30.9. The molecule has 0 aliphatic carbocycles. The summed E-state index contributed by atoms with van der Waals surface area (Å²) in [6.07, 6.45) is 1.75. The van der Waals surface area contributed by atoms with Gasteiger partial charge in [-0.15, -0.1) is 0 Å². The molecule has 1 aromatic rings. The maximum Gasteiger partial charge on any atom is 3.00 e. The number of amides is 1. The van der Waals surface area contributed by atoms with Crippen LogP contribution in [-0.2, 0) is 97.7 Å². The molecule has 0 saturated carbocycles. The second-order valence-electron chi connectivity index (χ2n) is 25.5. The molecule has 26 nitrogen and oxygen atoms in total. The standard InChI is InChI=1S/C67H95N5O19.2CN.Co/c1-40-58-44(17-21-53(75)81-10)63(3,4)50(70-58)37-47-43(16-20-52(74)80-9)65(6,38-51(73)68-42-15-19-48-49(35-42)91-34-32-89-30-28-87-26-25-86-27-29-88-31-33-90-48)61(69-47)41(2)59-45(18-22-54(76)82-11)66(7,39-57(79)85-14)67(8,72-59)62-46(36-56(78)84-13)64(5,60(40)71-62)24-23-55(77)83-12;2*1-2;/h15,19,35,37,43-46,62H,16-18,20-34,36,38-39H2,1-14H3,(H2,68,69,70,71,72,73);;;/q;2*-1;+3/p-1/t43-,44-,45-,46+,62?,64-,65+,66+,67+;;;/m1.../s1. The molecule has 1 N–H and O–H groups in total. The van der Waals surface area contributed by atoms with Gasteiger partial charge in [0.2, 0.25) is 5.91 Å². The van der Waals surface area contributed by atoms with Gasteiger partial charge in [-0.1, -0.05) is 40.7 Å². The van der Waals surface area contributed by atoms with Crippen LogP contribution in [-0.4, -0.2) is 179 Å². The van der Waals surface area contributed by atoms with E-state index in [1.165, 1.54) is 42.7 Å². The Morgan fingerprint density at radius 1 is 0.573 bits per heavy atom. The summed E-state index contributed by atoms with van der Waals surface area (Å²) in [5.41, 5.74) is -1.25. The molecule has 6 heterocycles. The second kappa shape index (κ2) is 36.7. The predicted molar refractivity (Wildman–Crippen MR) is 346 cm³/mol. The van der Waals surface area contributed by atoms with Crippen molar-refractivity contribution in [2.45, 2.75) is 138 Å². The number of carbonyl (C=O) groups is 7. The number of benzene rings is 1. The van der Waals surface area contributed by atoms with Gasteiger partial charge in [0.25, 0.3) is 0 Å². The zero-order chi connectivity index (χ0) is 70.5. The molecule has 6 aliphatic heterocycles. The summed E-state index contributed by atoms with van der Waals surface area (Å²) < 4.78 is 67.0. The number of aliphatic imine (C=N–C) groups is 3. The van der Waals surface area contributed by atoms with E-state index < -0.39 is 98.6 Å². The van der Waals surface area contributed by atoms with Crippen LogP contribution in [0.1, 0.15) is 126 Å². The van der Waals surface area contributed by atoms with Gasteiger partial charge < -0.3 is 91.1 Å². The monoisotopic (exact) mass is 1380 g/mol. The van der Waals surface area contributed by atoms with Gasteiger partial charge in [0, 0.05) is 107 Å². The molecule has 1 amide bonds. The van der Waals surface area contributed by atoms with Crippen molar-refractivity contribution in [3.05, 3.63) is 71.0 Å². The molecule has 6 aliphatic rings. The molecule has 7 rings (SSSR count). The van der Waals surface area contributed by atoms with Crippen molar-refractivity contribution in [1.82, 2.24) is 0 Å². The maximum atomic E-state index is 15.3. The fourth-order valence-electron chi connectivity index (χ4n) is 14.4. The molecule has 1 saturated heterocycles. The molecule has 0 radical (unpaired) electrons. The molecule has 0 aromatic heterocycles. The molecule has 27 heteroatoms. The molecule has 96 heavy (non-hydrogen) atoms. The first-order chi connectivity index (χ1) is 45.3. The molecule has 0 spiro atoms. The zero-order valence-corrected chi connectivity index (χ0v) is 58.9. The van der Waals surface area contributed by atoms with Crippen LogP contribution in [0, 0.1) is 69.0 Å². The molecule has 1 unspecified atom stereocenters. The summed E-state index contributed by atoms with van der Waals surface area (Å²) in [5, 5.41) is 21.4. The van der Waals surface area contributed by atoms with Crippen LogP contribution in [0.5, 0.6) is 11.5 Å². The number of anilines is 1. The van der Waals surface area contributed by atoms with Crippen LogP contribution < -0.4 is 14.8 Å². The second-order valence-corrected chi connectivity index (χ2v) is 25.5. The van der Waals surface area contributed by atoms with Gasteiger partial charge >= 0.3 is 52.6 Å². The van der Waals surface area contributed by atoms with Gasteiger partial charge in [0.1, 0.15) is 13.2 Å². The van der Waals surface area contributed by atoms with E-state index >= 15 is 4.79 Å². The molecule has 8 bridgehead atoms. The Hall–Kier alpha value is -7.53. The fraction of sp³-hybridized carbons (Fsp3) is 0.652. The number of carbonyl (C=O) groups excluding carboxylic acids is 7. The van der Waals surface area contributed by atoms with E-state index in [0.717, 1.165) is 0 Å². The van der Waals surface area contributed by atoms with Crippen LogP contribution >= 0.6 is 0 Å². The molecular formula is C69H94CoN7O19. The number of esters is 6. The smallest absolute Gasteiger partial charge is 0.682 e. The third kappa shape index (κ3) is 18.4. The number of rotatable bonds is 19. The number of nitrogens with one attached hydrogen (secondary N) is 1. The quantitative estimate of drug-likeness (QED) is 0.0767. The third-order valence-electron chi connectivity index (χ3n) is 19.8. The SMILES string of the molecule is COC(=O)CC[C@@H]1C2=NC(=C\C3=NC(=C(/C)C4=N[C@@](C)(C5[N-]/C(=C\2C)[C@](C)(CCC(=O)OC)[C@H]5CC(=O)OC)[C@@](C)(CC(=O)OC)[C@@H]4CCC(=O)OC)/[C@@](C)(CC(=O)Nc2ccc4c(c2)OCCOCCOCCOCCOCCO4)[C@@H]3CCC(=O)OC)/C1(C)C.[C-]#N.[C-]#N.[Co+3]. The minimum absolute atomic E-state index is 0.